The second kappa shape index (κ2) is 5.20. The predicted molar refractivity (Wildman–Crippen MR) is 56.5 cm³/mol. The largest absolute Gasteiger partial charge is 0.395 e. The molecule has 6 heteroatoms. The van der Waals surface area contributed by atoms with E-state index in [2.05, 4.69) is 9.71 Å². The zero-order valence-electron chi connectivity index (χ0n) is 8.42. The van der Waals surface area contributed by atoms with Gasteiger partial charge in [0.1, 0.15) is 0 Å². The third kappa shape index (κ3) is 3.58. The van der Waals surface area contributed by atoms with E-state index < -0.39 is 21.9 Å². The van der Waals surface area contributed by atoms with Crippen molar-refractivity contribution < 1.29 is 13.5 Å². The summed E-state index contributed by atoms with van der Waals surface area (Å²) in [6, 6.07) is 5.27. The number of sulfonamides is 1. The standard InChI is InChI=1S/C9H14N2O3S/c1-8(7-12)15(13,14)11-6-9-4-2-3-5-10-9/h2-5,8,11-12H,6-7H2,1H3. The van der Waals surface area contributed by atoms with Crippen LogP contribution in [0.5, 0.6) is 0 Å². The molecule has 0 saturated carbocycles. The van der Waals surface area contributed by atoms with E-state index in [9.17, 15) is 8.42 Å². The fourth-order valence-corrected chi connectivity index (χ4v) is 1.75. The van der Waals surface area contributed by atoms with Crippen molar-refractivity contribution in [3.8, 4) is 0 Å². The molecule has 0 amide bonds. The first-order chi connectivity index (χ1) is 7.06. The molecule has 1 rings (SSSR count). The van der Waals surface area contributed by atoms with Crippen LogP contribution in [0.3, 0.4) is 0 Å². The molecule has 0 radical (unpaired) electrons. The number of rotatable bonds is 5. The molecule has 0 aliphatic heterocycles. The lowest BCUT2D eigenvalue weighted by Crippen LogP contribution is -2.34. The van der Waals surface area contributed by atoms with Gasteiger partial charge >= 0.3 is 0 Å². The molecule has 1 atom stereocenters. The lowest BCUT2D eigenvalue weighted by molar-refractivity contribution is 0.294. The van der Waals surface area contributed by atoms with Crippen LogP contribution in [0.25, 0.3) is 0 Å². The Bertz CT molecular complexity index is 391. The van der Waals surface area contributed by atoms with Gasteiger partial charge in [-0.05, 0) is 19.1 Å². The number of aromatic nitrogens is 1. The van der Waals surface area contributed by atoms with E-state index >= 15 is 0 Å². The number of hydrogen-bond acceptors (Lipinski definition) is 4. The lowest BCUT2D eigenvalue weighted by Gasteiger charge is -2.10. The van der Waals surface area contributed by atoms with Gasteiger partial charge in [-0.15, -0.1) is 0 Å². The van der Waals surface area contributed by atoms with Crippen LogP contribution in [-0.2, 0) is 16.6 Å². The molecule has 0 aromatic carbocycles. The minimum Gasteiger partial charge on any atom is -0.395 e. The predicted octanol–water partition coefficient (Wildman–Crippen LogP) is -0.118. The first-order valence-electron chi connectivity index (χ1n) is 4.55. The van der Waals surface area contributed by atoms with Crippen LogP contribution >= 0.6 is 0 Å². The molecule has 0 aliphatic carbocycles. The zero-order valence-corrected chi connectivity index (χ0v) is 9.24. The minimum atomic E-state index is -3.45. The first-order valence-corrected chi connectivity index (χ1v) is 6.10. The smallest absolute Gasteiger partial charge is 0.216 e. The summed E-state index contributed by atoms with van der Waals surface area (Å²) in [6.45, 7) is 1.20. The molecule has 0 fully saturated rings. The van der Waals surface area contributed by atoms with Crippen LogP contribution in [0.2, 0.25) is 0 Å². The second-order valence-electron chi connectivity index (χ2n) is 3.18. The Morgan fingerprint density at radius 1 is 1.53 bits per heavy atom. The SMILES string of the molecule is CC(CO)S(=O)(=O)NCc1ccccn1. The monoisotopic (exact) mass is 230 g/mol. The van der Waals surface area contributed by atoms with E-state index in [1.165, 1.54) is 6.92 Å². The molecule has 1 heterocycles. The number of pyridine rings is 1. The van der Waals surface area contributed by atoms with Crippen molar-refractivity contribution in [2.24, 2.45) is 0 Å². The summed E-state index contributed by atoms with van der Waals surface area (Å²) in [4.78, 5) is 3.98. The molecule has 5 nitrogen and oxygen atoms in total. The number of nitrogens with one attached hydrogen (secondary N) is 1. The molecule has 1 aromatic rings. The van der Waals surface area contributed by atoms with Crippen molar-refractivity contribution in [2.75, 3.05) is 6.61 Å². The molecule has 84 valence electrons. The van der Waals surface area contributed by atoms with Gasteiger partial charge in [-0.1, -0.05) is 6.07 Å². The maximum absolute atomic E-state index is 11.4. The summed E-state index contributed by atoms with van der Waals surface area (Å²) in [6.07, 6.45) is 1.60. The fourth-order valence-electron chi connectivity index (χ4n) is 0.918. The highest BCUT2D eigenvalue weighted by Gasteiger charge is 2.18. The van der Waals surface area contributed by atoms with E-state index in [0.717, 1.165) is 0 Å². The van der Waals surface area contributed by atoms with Gasteiger partial charge in [0, 0.05) is 6.20 Å². The number of hydrogen-bond donors (Lipinski definition) is 2. The van der Waals surface area contributed by atoms with Crippen molar-refractivity contribution in [3.63, 3.8) is 0 Å². The molecule has 0 bridgehead atoms. The van der Waals surface area contributed by atoms with Crippen LogP contribution in [0.15, 0.2) is 24.4 Å². The van der Waals surface area contributed by atoms with Gasteiger partial charge < -0.3 is 5.11 Å². The average molecular weight is 230 g/mol. The van der Waals surface area contributed by atoms with Gasteiger partial charge in [0.2, 0.25) is 10.0 Å². The summed E-state index contributed by atoms with van der Waals surface area (Å²) < 4.78 is 25.2. The van der Waals surface area contributed by atoms with Gasteiger partial charge in [0.05, 0.1) is 24.1 Å². The molecule has 15 heavy (non-hydrogen) atoms. The first kappa shape index (κ1) is 12.1. The molecule has 1 aromatic heterocycles. The Morgan fingerprint density at radius 3 is 2.80 bits per heavy atom. The van der Waals surface area contributed by atoms with Crippen molar-refractivity contribution >= 4 is 10.0 Å². The summed E-state index contributed by atoms with van der Waals surface area (Å²) in [5, 5.41) is 7.93. The molecule has 0 saturated heterocycles. The average Bonchev–Trinajstić information content (AvgIpc) is 2.27. The fraction of sp³-hybridized carbons (Fsp3) is 0.444. The Balaban J connectivity index is 2.58. The van der Waals surface area contributed by atoms with Crippen molar-refractivity contribution in [2.45, 2.75) is 18.7 Å². The maximum atomic E-state index is 11.4. The van der Waals surface area contributed by atoms with Crippen LogP contribution in [0.1, 0.15) is 12.6 Å². The normalized spacial score (nSPS) is 13.7. The third-order valence-corrected chi connectivity index (χ3v) is 3.72. The van der Waals surface area contributed by atoms with Gasteiger partial charge in [0.25, 0.3) is 0 Å². The summed E-state index contributed by atoms with van der Waals surface area (Å²) >= 11 is 0. The van der Waals surface area contributed by atoms with Crippen LogP contribution in [-0.4, -0.2) is 30.4 Å². The summed E-state index contributed by atoms with van der Waals surface area (Å²) in [5.74, 6) is 0. The van der Waals surface area contributed by atoms with E-state index in [0.29, 0.717) is 5.69 Å². The topological polar surface area (TPSA) is 79.3 Å². The molecular weight excluding hydrogens is 216 g/mol. The maximum Gasteiger partial charge on any atom is 0.216 e. The van der Waals surface area contributed by atoms with E-state index in [1.54, 1.807) is 24.4 Å². The zero-order chi connectivity index (χ0) is 11.3. The van der Waals surface area contributed by atoms with Crippen molar-refractivity contribution in [3.05, 3.63) is 30.1 Å². The second-order valence-corrected chi connectivity index (χ2v) is 5.36. The van der Waals surface area contributed by atoms with E-state index in [4.69, 9.17) is 5.11 Å². The quantitative estimate of drug-likeness (QED) is 0.739. The number of aliphatic hydroxyl groups is 1. The van der Waals surface area contributed by atoms with E-state index in [1.807, 2.05) is 0 Å². The molecular formula is C9H14N2O3S. The van der Waals surface area contributed by atoms with Gasteiger partial charge in [-0.25, -0.2) is 13.1 Å². The Morgan fingerprint density at radius 2 is 2.27 bits per heavy atom. The van der Waals surface area contributed by atoms with E-state index in [-0.39, 0.29) is 6.54 Å². The molecule has 0 spiro atoms. The van der Waals surface area contributed by atoms with Crippen molar-refractivity contribution in [1.82, 2.24) is 9.71 Å². The molecule has 1 unspecified atom stereocenters. The van der Waals surface area contributed by atoms with Gasteiger partial charge in [-0.2, -0.15) is 0 Å². The number of aliphatic hydroxyl groups excluding tert-OH is 1. The highest BCUT2D eigenvalue weighted by atomic mass is 32.2. The van der Waals surface area contributed by atoms with Gasteiger partial charge in [-0.3, -0.25) is 4.98 Å². The highest BCUT2D eigenvalue weighted by molar-refractivity contribution is 7.90. The Kier molecular flexibility index (Phi) is 4.19. The molecule has 0 aliphatic rings. The minimum absolute atomic E-state index is 0.146. The highest BCUT2D eigenvalue weighted by Crippen LogP contribution is 1.99. The Hall–Kier alpha value is -0.980. The lowest BCUT2D eigenvalue weighted by atomic mass is 10.4. The van der Waals surface area contributed by atoms with Crippen LogP contribution in [0, 0.1) is 0 Å². The molecule has 2 N–H and O–H groups in total. The summed E-state index contributed by atoms with van der Waals surface area (Å²) in [5.41, 5.74) is 0.645. The van der Waals surface area contributed by atoms with Crippen molar-refractivity contribution in [1.29, 1.82) is 0 Å². The van der Waals surface area contributed by atoms with Crippen LogP contribution < -0.4 is 4.72 Å². The number of nitrogens with zero attached hydrogens (tertiary/aromatic N) is 1. The summed E-state index contributed by atoms with van der Waals surface area (Å²) in [7, 11) is -3.45. The third-order valence-electron chi connectivity index (χ3n) is 1.97. The van der Waals surface area contributed by atoms with Gasteiger partial charge in [0.15, 0.2) is 0 Å². The van der Waals surface area contributed by atoms with Crippen LogP contribution in [0.4, 0.5) is 0 Å². The Labute approximate surface area is 89.2 Å².